The molecule has 1 aliphatic carbocycles. The lowest BCUT2D eigenvalue weighted by molar-refractivity contribution is 0.363. The third kappa shape index (κ3) is 4.66. The van der Waals surface area contributed by atoms with Crippen molar-refractivity contribution in [1.82, 2.24) is 5.32 Å². The Kier molecular flexibility index (Phi) is 6.00. The van der Waals surface area contributed by atoms with Crippen molar-refractivity contribution in [3.63, 3.8) is 0 Å². The van der Waals surface area contributed by atoms with Gasteiger partial charge in [0.2, 0.25) is 0 Å². The van der Waals surface area contributed by atoms with Gasteiger partial charge in [-0.3, -0.25) is 0 Å². The van der Waals surface area contributed by atoms with Gasteiger partial charge in [0.05, 0.1) is 0 Å². The molecule has 1 nitrogen and oxygen atoms in total. The van der Waals surface area contributed by atoms with E-state index < -0.39 is 0 Å². The molecule has 1 saturated carbocycles. The van der Waals surface area contributed by atoms with E-state index >= 15 is 0 Å². The van der Waals surface area contributed by atoms with Crippen molar-refractivity contribution in [3.8, 4) is 0 Å². The molecule has 19 heavy (non-hydrogen) atoms. The summed E-state index contributed by atoms with van der Waals surface area (Å²) in [5.41, 5.74) is 1.11. The fourth-order valence-corrected chi connectivity index (χ4v) is 3.37. The Morgan fingerprint density at radius 1 is 1.05 bits per heavy atom. The third-order valence-corrected chi connectivity index (χ3v) is 4.59. The van der Waals surface area contributed by atoms with Gasteiger partial charge in [0.15, 0.2) is 0 Å². The van der Waals surface area contributed by atoms with Crippen molar-refractivity contribution in [2.75, 3.05) is 0 Å². The van der Waals surface area contributed by atoms with Gasteiger partial charge in [0.1, 0.15) is 0 Å². The second-order valence-electron chi connectivity index (χ2n) is 5.60. The first-order valence-corrected chi connectivity index (χ1v) is 8.13. The van der Waals surface area contributed by atoms with Gasteiger partial charge in [-0.2, -0.15) is 0 Å². The summed E-state index contributed by atoms with van der Waals surface area (Å²) in [5, 5.41) is 5.28. The maximum absolute atomic E-state index is 6.27. The molecule has 1 aromatic rings. The van der Waals surface area contributed by atoms with E-state index in [1.807, 2.05) is 18.2 Å². The van der Waals surface area contributed by atoms with Gasteiger partial charge in [-0.25, -0.2) is 0 Å². The summed E-state index contributed by atoms with van der Waals surface area (Å²) in [6.45, 7) is 2.18. The van der Waals surface area contributed by atoms with Crippen LogP contribution >= 0.6 is 23.2 Å². The molecule has 0 aliphatic heterocycles. The molecule has 0 saturated heterocycles. The number of hydrogen-bond acceptors (Lipinski definition) is 1. The van der Waals surface area contributed by atoms with Gasteiger partial charge < -0.3 is 5.32 Å². The largest absolute Gasteiger partial charge is 0.307 e. The van der Waals surface area contributed by atoms with E-state index in [1.54, 1.807) is 0 Å². The maximum Gasteiger partial charge on any atom is 0.0454 e. The van der Waals surface area contributed by atoms with E-state index in [9.17, 15) is 0 Å². The fraction of sp³-hybridized carbons (Fsp3) is 0.625. The van der Waals surface area contributed by atoms with E-state index in [4.69, 9.17) is 23.2 Å². The number of benzene rings is 1. The predicted octanol–water partition coefficient (Wildman–Crippen LogP) is 5.76. The van der Waals surface area contributed by atoms with Gasteiger partial charge in [0.25, 0.3) is 0 Å². The summed E-state index contributed by atoms with van der Waals surface area (Å²) in [6.07, 6.45) is 9.41. The zero-order valence-electron chi connectivity index (χ0n) is 11.6. The summed E-state index contributed by atoms with van der Waals surface area (Å²) in [6, 6.07) is 6.58. The van der Waals surface area contributed by atoms with Gasteiger partial charge in [-0.15, -0.1) is 0 Å². The van der Waals surface area contributed by atoms with Gasteiger partial charge >= 0.3 is 0 Å². The van der Waals surface area contributed by atoms with Crippen LogP contribution in [0.2, 0.25) is 10.0 Å². The Bertz CT molecular complexity index is 398. The van der Waals surface area contributed by atoms with Crippen LogP contribution in [0, 0.1) is 0 Å². The molecule has 1 aromatic carbocycles. The second-order valence-corrected chi connectivity index (χ2v) is 6.44. The van der Waals surface area contributed by atoms with E-state index in [-0.39, 0.29) is 6.04 Å². The monoisotopic (exact) mass is 299 g/mol. The minimum absolute atomic E-state index is 0.260. The zero-order chi connectivity index (χ0) is 13.7. The number of nitrogens with one attached hydrogen (secondary N) is 1. The van der Waals surface area contributed by atoms with Crippen molar-refractivity contribution < 1.29 is 0 Å². The van der Waals surface area contributed by atoms with E-state index in [2.05, 4.69) is 12.2 Å². The Morgan fingerprint density at radius 3 is 2.37 bits per heavy atom. The first-order valence-electron chi connectivity index (χ1n) is 7.38. The smallest absolute Gasteiger partial charge is 0.0454 e. The molecule has 1 fully saturated rings. The molecule has 106 valence electrons. The van der Waals surface area contributed by atoms with Crippen LogP contribution in [-0.4, -0.2) is 6.04 Å². The molecule has 3 heteroatoms. The third-order valence-electron chi connectivity index (χ3n) is 4.02. The average Bonchev–Trinajstić information content (AvgIpc) is 2.35. The highest BCUT2D eigenvalue weighted by Crippen LogP contribution is 2.27. The Balaban J connectivity index is 1.98. The quantitative estimate of drug-likeness (QED) is 0.748. The molecular formula is C16H23Cl2N. The van der Waals surface area contributed by atoms with Crippen LogP contribution in [-0.2, 0) is 0 Å². The summed E-state index contributed by atoms with van der Waals surface area (Å²) in [5.74, 6) is 0. The number of hydrogen-bond donors (Lipinski definition) is 1. The topological polar surface area (TPSA) is 12.0 Å². The lowest BCUT2D eigenvalue weighted by atomic mass is 9.95. The minimum atomic E-state index is 0.260. The van der Waals surface area contributed by atoms with Crippen LogP contribution in [0.3, 0.4) is 0 Å². The molecule has 1 aliphatic rings. The van der Waals surface area contributed by atoms with E-state index in [0.717, 1.165) is 15.6 Å². The molecule has 2 rings (SSSR count). The summed E-state index contributed by atoms with van der Waals surface area (Å²) in [7, 11) is 0. The first kappa shape index (κ1) is 15.2. The standard InChI is InChI=1S/C16H23Cl2N/c1-12(15-11-13(17)9-10-16(15)18)19-14-7-5-3-2-4-6-8-14/h9-12,14,19H,2-8H2,1H3. The Labute approximate surface area is 126 Å². The first-order chi connectivity index (χ1) is 9.16. The van der Waals surface area contributed by atoms with Crippen molar-refractivity contribution in [3.05, 3.63) is 33.8 Å². The van der Waals surface area contributed by atoms with Crippen molar-refractivity contribution in [2.24, 2.45) is 0 Å². The highest BCUT2D eigenvalue weighted by Gasteiger charge is 2.16. The van der Waals surface area contributed by atoms with Crippen molar-refractivity contribution in [1.29, 1.82) is 0 Å². The lowest BCUT2D eigenvalue weighted by Gasteiger charge is -2.26. The average molecular weight is 300 g/mol. The normalized spacial score (nSPS) is 19.7. The molecule has 1 atom stereocenters. The Morgan fingerprint density at radius 2 is 1.68 bits per heavy atom. The lowest BCUT2D eigenvalue weighted by Crippen LogP contribution is -2.32. The maximum atomic E-state index is 6.27. The SMILES string of the molecule is CC(NC1CCCCCCC1)c1cc(Cl)ccc1Cl. The molecule has 0 spiro atoms. The summed E-state index contributed by atoms with van der Waals surface area (Å²) >= 11 is 12.3. The van der Waals surface area contributed by atoms with Crippen LogP contribution in [0.15, 0.2) is 18.2 Å². The minimum Gasteiger partial charge on any atom is -0.307 e. The zero-order valence-corrected chi connectivity index (χ0v) is 13.1. The molecule has 0 heterocycles. The van der Waals surface area contributed by atoms with Crippen LogP contribution in [0.4, 0.5) is 0 Å². The highest BCUT2D eigenvalue weighted by atomic mass is 35.5. The van der Waals surface area contributed by atoms with Crippen LogP contribution in [0.1, 0.15) is 63.5 Å². The molecule has 1 N–H and O–H groups in total. The van der Waals surface area contributed by atoms with Gasteiger partial charge in [-0.1, -0.05) is 55.3 Å². The molecule has 0 aromatic heterocycles. The summed E-state index contributed by atoms with van der Waals surface area (Å²) in [4.78, 5) is 0. The summed E-state index contributed by atoms with van der Waals surface area (Å²) < 4.78 is 0. The van der Waals surface area contributed by atoms with Gasteiger partial charge in [0, 0.05) is 22.1 Å². The number of halogens is 2. The molecule has 1 unspecified atom stereocenters. The van der Waals surface area contributed by atoms with Crippen LogP contribution < -0.4 is 5.32 Å². The molecule has 0 radical (unpaired) electrons. The van der Waals surface area contributed by atoms with Gasteiger partial charge in [-0.05, 0) is 43.5 Å². The Hall–Kier alpha value is -0.240. The fourth-order valence-electron chi connectivity index (χ4n) is 2.91. The van der Waals surface area contributed by atoms with Crippen molar-refractivity contribution >= 4 is 23.2 Å². The van der Waals surface area contributed by atoms with E-state index in [1.165, 1.54) is 44.9 Å². The van der Waals surface area contributed by atoms with Crippen LogP contribution in [0.25, 0.3) is 0 Å². The molecule has 0 bridgehead atoms. The van der Waals surface area contributed by atoms with Crippen LogP contribution in [0.5, 0.6) is 0 Å². The predicted molar refractivity (Wildman–Crippen MR) is 84.1 cm³/mol. The number of rotatable bonds is 3. The highest BCUT2D eigenvalue weighted by molar-refractivity contribution is 6.33. The van der Waals surface area contributed by atoms with Crippen molar-refractivity contribution in [2.45, 2.75) is 64.0 Å². The second kappa shape index (κ2) is 7.52. The molecular weight excluding hydrogens is 277 g/mol. The molecule has 0 amide bonds. The van der Waals surface area contributed by atoms with E-state index in [0.29, 0.717) is 6.04 Å².